The Morgan fingerprint density at radius 1 is 1.16 bits per heavy atom. The fourth-order valence-corrected chi connectivity index (χ4v) is 3.55. The predicted molar refractivity (Wildman–Crippen MR) is 121 cm³/mol. The van der Waals surface area contributed by atoms with E-state index in [4.69, 9.17) is 9.72 Å². The molecule has 0 bridgehead atoms. The van der Waals surface area contributed by atoms with Crippen molar-refractivity contribution in [3.05, 3.63) is 77.8 Å². The minimum absolute atomic E-state index is 0.0704. The van der Waals surface area contributed by atoms with Crippen LogP contribution in [-0.4, -0.2) is 31.8 Å². The summed E-state index contributed by atoms with van der Waals surface area (Å²) >= 11 is 0. The molecule has 0 saturated heterocycles. The van der Waals surface area contributed by atoms with E-state index < -0.39 is 0 Å². The van der Waals surface area contributed by atoms with Gasteiger partial charge in [-0.2, -0.15) is 5.10 Å². The first kappa shape index (κ1) is 21.4. The summed E-state index contributed by atoms with van der Waals surface area (Å²) in [7, 11) is 1.59. The SMILES string of the molecule is CCc1cnnc(-c2ccc(-n3cnc(C)c3)c(OC)n2)c1NC(C)c1ccc(F)cc1. The van der Waals surface area contributed by atoms with Crippen LogP contribution < -0.4 is 10.1 Å². The topological polar surface area (TPSA) is 77.8 Å². The van der Waals surface area contributed by atoms with Crippen LogP contribution in [-0.2, 0) is 6.42 Å². The van der Waals surface area contributed by atoms with Gasteiger partial charge in [-0.25, -0.2) is 14.4 Å². The van der Waals surface area contributed by atoms with Gasteiger partial charge in [0.2, 0.25) is 5.88 Å². The van der Waals surface area contributed by atoms with Gasteiger partial charge in [0.05, 0.1) is 36.7 Å². The molecule has 164 valence electrons. The van der Waals surface area contributed by atoms with Gasteiger partial charge in [-0.05, 0) is 55.7 Å². The van der Waals surface area contributed by atoms with Crippen LogP contribution in [0.1, 0.15) is 36.7 Å². The van der Waals surface area contributed by atoms with Crippen LogP contribution in [0.15, 0.2) is 55.1 Å². The molecular formula is C24H25FN6O. The normalized spacial score (nSPS) is 11.9. The molecule has 1 atom stereocenters. The fourth-order valence-electron chi connectivity index (χ4n) is 3.55. The second-order valence-electron chi connectivity index (χ2n) is 7.51. The molecule has 0 saturated carbocycles. The molecule has 0 amide bonds. The Morgan fingerprint density at radius 2 is 1.94 bits per heavy atom. The van der Waals surface area contributed by atoms with Crippen molar-refractivity contribution < 1.29 is 9.13 Å². The number of nitrogens with zero attached hydrogens (tertiary/aromatic N) is 5. The lowest BCUT2D eigenvalue weighted by atomic mass is 10.1. The van der Waals surface area contributed by atoms with Crippen molar-refractivity contribution in [1.82, 2.24) is 24.7 Å². The van der Waals surface area contributed by atoms with Gasteiger partial charge in [-0.1, -0.05) is 19.1 Å². The number of imidazole rings is 1. The van der Waals surface area contributed by atoms with E-state index in [2.05, 4.69) is 27.4 Å². The summed E-state index contributed by atoms with van der Waals surface area (Å²) in [4.78, 5) is 8.99. The second kappa shape index (κ2) is 9.13. The third-order valence-electron chi connectivity index (χ3n) is 5.31. The summed E-state index contributed by atoms with van der Waals surface area (Å²) in [5, 5.41) is 12.1. The number of hydrogen-bond acceptors (Lipinski definition) is 6. The highest BCUT2D eigenvalue weighted by Gasteiger charge is 2.18. The Balaban J connectivity index is 1.74. The van der Waals surface area contributed by atoms with Crippen LogP contribution in [0.5, 0.6) is 5.88 Å². The molecule has 1 aromatic carbocycles. The first-order chi connectivity index (χ1) is 15.5. The minimum Gasteiger partial charge on any atom is -0.479 e. The Kier molecular flexibility index (Phi) is 6.11. The third-order valence-corrected chi connectivity index (χ3v) is 5.31. The average Bonchev–Trinajstić information content (AvgIpc) is 3.25. The first-order valence-corrected chi connectivity index (χ1v) is 10.4. The van der Waals surface area contributed by atoms with Crippen LogP contribution in [0.4, 0.5) is 10.1 Å². The molecule has 3 heterocycles. The Labute approximate surface area is 186 Å². The Morgan fingerprint density at radius 3 is 2.59 bits per heavy atom. The van der Waals surface area contributed by atoms with Crippen molar-refractivity contribution in [2.24, 2.45) is 0 Å². The molecule has 0 fully saturated rings. The molecule has 0 radical (unpaired) electrons. The molecule has 0 aliphatic rings. The highest BCUT2D eigenvalue weighted by molar-refractivity contribution is 5.75. The zero-order valence-electron chi connectivity index (χ0n) is 18.5. The van der Waals surface area contributed by atoms with Crippen LogP contribution >= 0.6 is 0 Å². The van der Waals surface area contributed by atoms with Gasteiger partial charge in [0, 0.05) is 12.2 Å². The second-order valence-corrected chi connectivity index (χ2v) is 7.51. The van der Waals surface area contributed by atoms with Crippen LogP contribution in [0.25, 0.3) is 17.1 Å². The predicted octanol–water partition coefficient (Wildman–Crippen LogP) is 4.92. The number of aromatic nitrogens is 5. The van der Waals surface area contributed by atoms with E-state index in [1.54, 1.807) is 31.8 Å². The lowest BCUT2D eigenvalue weighted by molar-refractivity contribution is 0.396. The van der Waals surface area contributed by atoms with Crippen molar-refractivity contribution in [2.45, 2.75) is 33.2 Å². The van der Waals surface area contributed by atoms with Crippen LogP contribution in [0, 0.1) is 12.7 Å². The van der Waals surface area contributed by atoms with E-state index in [1.807, 2.05) is 36.7 Å². The molecule has 1 N–H and O–H groups in total. The minimum atomic E-state index is -0.258. The Hall–Kier alpha value is -3.81. The van der Waals surface area contributed by atoms with Gasteiger partial charge in [0.1, 0.15) is 17.2 Å². The summed E-state index contributed by atoms with van der Waals surface area (Å²) in [5.41, 5.74) is 5.78. The third kappa shape index (κ3) is 4.30. The maximum atomic E-state index is 13.3. The average molecular weight is 433 g/mol. The number of aryl methyl sites for hydroxylation is 2. The van der Waals surface area contributed by atoms with Crippen LogP contribution in [0.3, 0.4) is 0 Å². The summed E-state index contributed by atoms with van der Waals surface area (Å²) in [6, 6.07) is 10.2. The van der Waals surface area contributed by atoms with Gasteiger partial charge >= 0.3 is 0 Å². The van der Waals surface area contributed by atoms with Crippen molar-refractivity contribution >= 4 is 5.69 Å². The maximum Gasteiger partial charge on any atom is 0.238 e. The van der Waals surface area contributed by atoms with E-state index in [9.17, 15) is 4.39 Å². The molecule has 7 nitrogen and oxygen atoms in total. The number of rotatable bonds is 7. The smallest absolute Gasteiger partial charge is 0.238 e. The Bertz CT molecular complexity index is 1220. The molecular weight excluding hydrogens is 407 g/mol. The molecule has 0 spiro atoms. The lowest BCUT2D eigenvalue weighted by Crippen LogP contribution is -2.11. The van der Waals surface area contributed by atoms with E-state index in [-0.39, 0.29) is 11.9 Å². The molecule has 4 aromatic rings. The number of pyridine rings is 1. The fraction of sp³-hybridized carbons (Fsp3) is 0.250. The molecule has 0 aliphatic heterocycles. The van der Waals surface area contributed by atoms with Crippen molar-refractivity contribution in [3.8, 4) is 23.0 Å². The van der Waals surface area contributed by atoms with E-state index in [0.29, 0.717) is 17.3 Å². The van der Waals surface area contributed by atoms with E-state index in [0.717, 1.165) is 34.6 Å². The van der Waals surface area contributed by atoms with Gasteiger partial charge in [-0.15, -0.1) is 5.10 Å². The largest absolute Gasteiger partial charge is 0.479 e. The van der Waals surface area contributed by atoms with Gasteiger partial charge in [-0.3, -0.25) is 0 Å². The van der Waals surface area contributed by atoms with Crippen molar-refractivity contribution in [1.29, 1.82) is 0 Å². The molecule has 0 aliphatic carbocycles. The highest BCUT2D eigenvalue weighted by atomic mass is 19.1. The summed E-state index contributed by atoms with van der Waals surface area (Å²) in [5.74, 6) is 0.201. The number of anilines is 1. The lowest BCUT2D eigenvalue weighted by Gasteiger charge is -2.20. The number of benzene rings is 1. The standard InChI is InChI=1S/C24H25FN6O/c1-5-17-12-27-30-23(22(17)28-16(3)18-6-8-19(25)9-7-18)20-10-11-21(24(29-20)32-4)31-13-15(2)26-14-31/h6-14,16H,5H2,1-4H3,(H,27,28). The maximum absolute atomic E-state index is 13.3. The summed E-state index contributed by atoms with van der Waals surface area (Å²) in [6.07, 6.45) is 6.16. The number of halogens is 1. The number of ether oxygens (including phenoxy) is 1. The van der Waals surface area contributed by atoms with Crippen LogP contribution in [0.2, 0.25) is 0 Å². The van der Waals surface area contributed by atoms with Gasteiger partial charge < -0.3 is 14.6 Å². The number of methoxy groups -OCH3 is 1. The number of hydrogen-bond donors (Lipinski definition) is 1. The van der Waals surface area contributed by atoms with Crippen molar-refractivity contribution in [2.75, 3.05) is 12.4 Å². The quantitative estimate of drug-likeness (QED) is 0.447. The molecule has 4 rings (SSSR count). The summed E-state index contributed by atoms with van der Waals surface area (Å²) < 4.78 is 20.8. The first-order valence-electron chi connectivity index (χ1n) is 10.4. The molecule has 1 unspecified atom stereocenters. The van der Waals surface area contributed by atoms with Gasteiger partial charge in [0.25, 0.3) is 0 Å². The monoisotopic (exact) mass is 432 g/mol. The van der Waals surface area contributed by atoms with E-state index >= 15 is 0 Å². The molecule has 8 heteroatoms. The zero-order valence-corrected chi connectivity index (χ0v) is 18.5. The zero-order chi connectivity index (χ0) is 22.7. The van der Waals surface area contributed by atoms with Gasteiger partial charge in [0.15, 0.2) is 0 Å². The highest BCUT2D eigenvalue weighted by Crippen LogP contribution is 2.33. The summed E-state index contributed by atoms with van der Waals surface area (Å²) in [6.45, 7) is 6.01. The number of nitrogens with one attached hydrogen (secondary N) is 1. The van der Waals surface area contributed by atoms with E-state index in [1.165, 1.54) is 12.1 Å². The van der Waals surface area contributed by atoms with Crippen molar-refractivity contribution in [3.63, 3.8) is 0 Å². The molecule has 32 heavy (non-hydrogen) atoms. The molecule has 3 aromatic heterocycles.